The Morgan fingerprint density at radius 1 is 1.23 bits per heavy atom. The third kappa shape index (κ3) is 4.39. The second kappa shape index (κ2) is 7.70. The zero-order valence-corrected chi connectivity index (χ0v) is 13.4. The Kier molecular flexibility index (Phi) is 5.66. The van der Waals surface area contributed by atoms with Crippen LogP contribution in [0.5, 0.6) is 0 Å². The van der Waals surface area contributed by atoms with E-state index in [1.807, 2.05) is 12.1 Å². The summed E-state index contributed by atoms with van der Waals surface area (Å²) >= 11 is 1.29. The zero-order valence-electron chi connectivity index (χ0n) is 12.6. The van der Waals surface area contributed by atoms with Gasteiger partial charge in [0.15, 0.2) is 5.13 Å². The largest absolute Gasteiger partial charge is 0.466 e. The Hall–Kier alpha value is -2.21. The van der Waals surface area contributed by atoms with Crippen LogP contribution >= 0.6 is 11.3 Å². The first kappa shape index (κ1) is 16.2. The van der Waals surface area contributed by atoms with E-state index in [4.69, 9.17) is 4.74 Å². The first-order valence-electron chi connectivity index (χ1n) is 7.12. The predicted molar refractivity (Wildman–Crippen MR) is 86.2 cm³/mol. The number of anilines is 1. The number of aromatic nitrogens is 1. The van der Waals surface area contributed by atoms with Crippen molar-refractivity contribution in [1.82, 2.24) is 4.98 Å². The minimum atomic E-state index is -0.319. The lowest BCUT2D eigenvalue weighted by Gasteiger charge is -2.03. The average Bonchev–Trinajstić information content (AvgIpc) is 2.94. The van der Waals surface area contributed by atoms with E-state index in [2.05, 4.69) is 17.2 Å². The topological polar surface area (TPSA) is 68.3 Å². The molecule has 0 unspecified atom stereocenters. The molecule has 1 heterocycles. The Morgan fingerprint density at radius 3 is 2.59 bits per heavy atom. The number of benzene rings is 1. The molecule has 0 aliphatic heterocycles. The lowest BCUT2D eigenvalue weighted by molar-refractivity contribution is -0.142. The normalized spacial score (nSPS) is 10.3. The fourth-order valence-electron chi connectivity index (χ4n) is 1.87. The van der Waals surface area contributed by atoms with Crippen molar-refractivity contribution in [2.45, 2.75) is 26.7 Å². The molecule has 1 aromatic heterocycles. The first-order chi connectivity index (χ1) is 10.6. The molecule has 0 radical (unpaired) electrons. The molecule has 2 aromatic rings. The quantitative estimate of drug-likeness (QED) is 0.831. The molecule has 5 nitrogen and oxygen atoms in total. The molecule has 0 atom stereocenters. The van der Waals surface area contributed by atoms with E-state index in [9.17, 15) is 9.59 Å². The highest BCUT2D eigenvalue weighted by atomic mass is 32.1. The van der Waals surface area contributed by atoms with Crippen LogP contribution in [0, 0.1) is 0 Å². The molecule has 1 aromatic carbocycles. The van der Waals surface area contributed by atoms with Crippen LogP contribution in [0.2, 0.25) is 0 Å². The third-order valence-corrected chi connectivity index (χ3v) is 3.83. The van der Waals surface area contributed by atoms with Crippen LogP contribution in [0.3, 0.4) is 0 Å². The summed E-state index contributed by atoms with van der Waals surface area (Å²) in [5.41, 5.74) is 2.36. The molecule has 0 saturated heterocycles. The molecule has 2 rings (SSSR count). The van der Waals surface area contributed by atoms with Crippen molar-refractivity contribution < 1.29 is 14.3 Å². The number of carbonyl (C=O) groups is 2. The number of rotatable bonds is 6. The van der Waals surface area contributed by atoms with E-state index in [-0.39, 0.29) is 18.3 Å². The van der Waals surface area contributed by atoms with Gasteiger partial charge in [-0.3, -0.25) is 14.9 Å². The maximum absolute atomic E-state index is 12.1. The predicted octanol–water partition coefficient (Wildman–Crippen LogP) is 3.06. The maximum atomic E-state index is 12.1. The van der Waals surface area contributed by atoms with Gasteiger partial charge in [0.2, 0.25) is 0 Å². The number of ether oxygens (including phenoxy) is 1. The third-order valence-electron chi connectivity index (χ3n) is 3.03. The number of nitrogens with one attached hydrogen (secondary N) is 1. The SMILES string of the molecule is CCOC(=O)Cc1csc(NC(=O)c2ccc(CC)cc2)n1. The standard InChI is InChI=1S/C16H18N2O3S/c1-3-11-5-7-12(8-6-11)15(20)18-16-17-13(10-22-16)9-14(19)21-4-2/h5-8,10H,3-4,9H2,1-2H3,(H,17,18,20). The van der Waals surface area contributed by atoms with Crippen molar-refractivity contribution in [3.05, 3.63) is 46.5 Å². The van der Waals surface area contributed by atoms with Gasteiger partial charge in [0.05, 0.1) is 18.7 Å². The number of thiazole rings is 1. The fourth-order valence-corrected chi connectivity index (χ4v) is 2.57. The van der Waals surface area contributed by atoms with Crippen molar-refractivity contribution in [3.63, 3.8) is 0 Å². The Balaban J connectivity index is 1.96. The van der Waals surface area contributed by atoms with Gasteiger partial charge in [0.1, 0.15) is 0 Å². The Labute approximate surface area is 133 Å². The fraction of sp³-hybridized carbons (Fsp3) is 0.312. The molecule has 0 saturated carbocycles. The number of hydrogen-bond acceptors (Lipinski definition) is 5. The molecule has 0 bridgehead atoms. The maximum Gasteiger partial charge on any atom is 0.311 e. The number of hydrogen-bond donors (Lipinski definition) is 1. The van der Waals surface area contributed by atoms with Gasteiger partial charge in [0, 0.05) is 10.9 Å². The highest BCUT2D eigenvalue weighted by Gasteiger charge is 2.11. The Bertz CT molecular complexity index is 650. The molecule has 6 heteroatoms. The minimum Gasteiger partial charge on any atom is -0.466 e. The van der Waals surface area contributed by atoms with Crippen molar-refractivity contribution in [2.24, 2.45) is 0 Å². The second-order valence-electron chi connectivity index (χ2n) is 4.63. The molecule has 116 valence electrons. The number of amides is 1. The summed E-state index contributed by atoms with van der Waals surface area (Å²) in [6, 6.07) is 7.45. The zero-order chi connectivity index (χ0) is 15.9. The van der Waals surface area contributed by atoms with E-state index in [0.717, 1.165) is 6.42 Å². The minimum absolute atomic E-state index is 0.116. The highest BCUT2D eigenvalue weighted by Crippen LogP contribution is 2.17. The van der Waals surface area contributed by atoms with E-state index in [1.165, 1.54) is 16.9 Å². The van der Waals surface area contributed by atoms with Crippen LogP contribution in [-0.4, -0.2) is 23.5 Å². The van der Waals surface area contributed by atoms with Gasteiger partial charge in [0.25, 0.3) is 5.91 Å². The van der Waals surface area contributed by atoms with E-state index < -0.39 is 0 Å². The van der Waals surface area contributed by atoms with Crippen molar-refractivity contribution in [1.29, 1.82) is 0 Å². The summed E-state index contributed by atoms with van der Waals surface area (Å²) in [6.45, 7) is 4.17. The summed E-state index contributed by atoms with van der Waals surface area (Å²) in [5, 5.41) is 4.96. The van der Waals surface area contributed by atoms with Crippen LogP contribution in [0.4, 0.5) is 5.13 Å². The first-order valence-corrected chi connectivity index (χ1v) is 8.00. The summed E-state index contributed by atoms with van der Waals surface area (Å²) in [5.74, 6) is -0.527. The van der Waals surface area contributed by atoms with Gasteiger partial charge in [-0.25, -0.2) is 4.98 Å². The Morgan fingerprint density at radius 2 is 1.95 bits per heavy atom. The van der Waals surface area contributed by atoms with Gasteiger partial charge in [-0.1, -0.05) is 19.1 Å². The van der Waals surface area contributed by atoms with Crippen molar-refractivity contribution in [3.8, 4) is 0 Å². The molecule has 0 spiro atoms. The molecule has 0 aliphatic carbocycles. The number of esters is 1. The van der Waals surface area contributed by atoms with Gasteiger partial charge in [-0.2, -0.15) is 0 Å². The molecule has 22 heavy (non-hydrogen) atoms. The van der Waals surface area contributed by atoms with E-state index in [0.29, 0.717) is 23.0 Å². The average molecular weight is 318 g/mol. The molecule has 0 fully saturated rings. The lowest BCUT2D eigenvalue weighted by atomic mass is 10.1. The van der Waals surface area contributed by atoms with E-state index >= 15 is 0 Å². The number of nitrogens with zero attached hydrogens (tertiary/aromatic N) is 1. The molecular weight excluding hydrogens is 300 g/mol. The summed E-state index contributed by atoms with van der Waals surface area (Å²) in [4.78, 5) is 27.7. The molecule has 0 aliphatic rings. The molecular formula is C16H18N2O3S. The second-order valence-corrected chi connectivity index (χ2v) is 5.49. The summed E-state index contributed by atoms with van der Waals surface area (Å²) in [6.07, 6.45) is 1.05. The summed E-state index contributed by atoms with van der Waals surface area (Å²) in [7, 11) is 0. The monoisotopic (exact) mass is 318 g/mol. The van der Waals surface area contributed by atoms with Gasteiger partial charge in [-0.15, -0.1) is 11.3 Å². The van der Waals surface area contributed by atoms with Gasteiger partial charge in [-0.05, 0) is 31.0 Å². The highest BCUT2D eigenvalue weighted by molar-refractivity contribution is 7.14. The van der Waals surface area contributed by atoms with Crippen LogP contribution in [0.15, 0.2) is 29.6 Å². The van der Waals surface area contributed by atoms with E-state index in [1.54, 1.807) is 24.4 Å². The molecule has 1 N–H and O–H groups in total. The molecule has 1 amide bonds. The van der Waals surface area contributed by atoms with Crippen molar-refractivity contribution >= 4 is 28.3 Å². The summed E-state index contributed by atoms with van der Waals surface area (Å²) < 4.78 is 4.87. The van der Waals surface area contributed by atoms with Gasteiger partial charge < -0.3 is 4.74 Å². The lowest BCUT2D eigenvalue weighted by Crippen LogP contribution is -2.12. The smallest absolute Gasteiger partial charge is 0.311 e. The van der Waals surface area contributed by atoms with Crippen LogP contribution in [0.25, 0.3) is 0 Å². The van der Waals surface area contributed by atoms with Crippen LogP contribution < -0.4 is 5.32 Å². The number of carbonyl (C=O) groups excluding carboxylic acids is 2. The van der Waals surface area contributed by atoms with Gasteiger partial charge >= 0.3 is 5.97 Å². The van der Waals surface area contributed by atoms with Crippen LogP contribution in [0.1, 0.15) is 35.5 Å². The van der Waals surface area contributed by atoms with Crippen LogP contribution in [-0.2, 0) is 22.4 Å². The van der Waals surface area contributed by atoms with Crippen molar-refractivity contribution in [2.75, 3.05) is 11.9 Å². The number of aryl methyl sites for hydroxylation is 1.